The second-order valence-electron chi connectivity index (χ2n) is 3.41. The predicted octanol–water partition coefficient (Wildman–Crippen LogP) is -0.807. The van der Waals surface area contributed by atoms with Gasteiger partial charge in [0.05, 0.1) is 6.61 Å². The van der Waals surface area contributed by atoms with E-state index in [2.05, 4.69) is 11.2 Å². The Labute approximate surface area is 84.3 Å². The average Bonchev–Trinajstić information content (AvgIpc) is 2.68. The lowest BCUT2D eigenvalue weighted by Gasteiger charge is -2.22. The van der Waals surface area contributed by atoms with E-state index in [1.54, 1.807) is 0 Å². The van der Waals surface area contributed by atoms with E-state index in [0.29, 0.717) is 19.1 Å². The first-order valence-electron chi connectivity index (χ1n) is 4.87. The molecule has 1 rings (SSSR count). The summed E-state index contributed by atoms with van der Waals surface area (Å²) < 4.78 is 0. The van der Waals surface area contributed by atoms with Gasteiger partial charge in [0.1, 0.15) is 0 Å². The summed E-state index contributed by atoms with van der Waals surface area (Å²) in [4.78, 5) is 12.8. The van der Waals surface area contributed by atoms with Gasteiger partial charge in [-0.25, -0.2) is 0 Å². The number of aliphatic hydroxyl groups excluding tert-OH is 1. The number of nitrogens with zero attached hydrogens (tertiary/aromatic N) is 1. The lowest BCUT2D eigenvalue weighted by Crippen LogP contribution is -2.41. The normalized spacial score (nSPS) is 20.4. The molecule has 4 nitrogen and oxygen atoms in total. The van der Waals surface area contributed by atoms with Crippen LogP contribution >= 0.6 is 0 Å². The van der Waals surface area contributed by atoms with Crippen LogP contribution in [-0.2, 0) is 4.79 Å². The van der Waals surface area contributed by atoms with E-state index >= 15 is 0 Å². The van der Waals surface area contributed by atoms with Crippen LogP contribution in [0.25, 0.3) is 0 Å². The molecule has 1 saturated heterocycles. The van der Waals surface area contributed by atoms with Crippen molar-refractivity contribution >= 4 is 5.91 Å². The minimum atomic E-state index is -0.340. The maximum Gasteiger partial charge on any atom is 0.298 e. The lowest BCUT2D eigenvalue weighted by molar-refractivity contribution is -0.125. The summed E-state index contributed by atoms with van der Waals surface area (Å²) in [5.41, 5.74) is 0. The number of hydrogen-bond donors (Lipinski definition) is 2. The monoisotopic (exact) mass is 196 g/mol. The third-order valence-corrected chi connectivity index (χ3v) is 2.38. The molecule has 1 fully saturated rings. The fraction of sp³-hybridized carbons (Fsp3) is 0.700. The Morgan fingerprint density at radius 1 is 1.71 bits per heavy atom. The Bertz CT molecular complexity index is 229. The molecule has 78 valence electrons. The first-order valence-corrected chi connectivity index (χ1v) is 4.87. The molecular weight excluding hydrogens is 180 g/mol. The van der Waals surface area contributed by atoms with Crippen LogP contribution in [0.15, 0.2) is 0 Å². The standard InChI is InChI=1S/C10H16N2O2/c1-2-10(14)12(6-7-13)8-9-4-3-5-11-9/h1,9,11,13H,3-8H2. The van der Waals surface area contributed by atoms with Crippen molar-refractivity contribution in [2.24, 2.45) is 0 Å². The van der Waals surface area contributed by atoms with E-state index in [1.165, 1.54) is 4.90 Å². The van der Waals surface area contributed by atoms with Crippen LogP contribution in [-0.4, -0.2) is 48.2 Å². The molecule has 1 unspecified atom stereocenters. The number of nitrogens with one attached hydrogen (secondary N) is 1. The lowest BCUT2D eigenvalue weighted by atomic mass is 10.2. The molecule has 0 radical (unpaired) electrons. The molecule has 0 aromatic rings. The van der Waals surface area contributed by atoms with Crippen LogP contribution < -0.4 is 5.32 Å². The highest BCUT2D eigenvalue weighted by Gasteiger charge is 2.19. The Balaban J connectivity index is 2.42. The topological polar surface area (TPSA) is 52.6 Å². The highest BCUT2D eigenvalue weighted by atomic mass is 16.3. The van der Waals surface area contributed by atoms with Crippen LogP contribution in [0.5, 0.6) is 0 Å². The minimum Gasteiger partial charge on any atom is -0.395 e. The third-order valence-electron chi connectivity index (χ3n) is 2.38. The van der Waals surface area contributed by atoms with E-state index < -0.39 is 0 Å². The Morgan fingerprint density at radius 3 is 3.00 bits per heavy atom. The maximum absolute atomic E-state index is 11.2. The van der Waals surface area contributed by atoms with E-state index in [1.807, 2.05) is 0 Å². The molecule has 0 aromatic heterocycles. The minimum absolute atomic E-state index is 0.0415. The van der Waals surface area contributed by atoms with Gasteiger partial charge < -0.3 is 15.3 Å². The highest BCUT2D eigenvalue weighted by Crippen LogP contribution is 2.06. The van der Waals surface area contributed by atoms with E-state index in [4.69, 9.17) is 11.5 Å². The van der Waals surface area contributed by atoms with E-state index in [9.17, 15) is 4.79 Å². The number of rotatable bonds is 4. The van der Waals surface area contributed by atoms with E-state index in [0.717, 1.165) is 19.4 Å². The molecule has 1 heterocycles. The third kappa shape index (κ3) is 3.02. The molecule has 14 heavy (non-hydrogen) atoms. The van der Waals surface area contributed by atoms with Gasteiger partial charge in [-0.05, 0) is 25.3 Å². The van der Waals surface area contributed by atoms with Gasteiger partial charge in [0.15, 0.2) is 0 Å². The van der Waals surface area contributed by atoms with Crippen molar-refractivity contribution in [1.82, 2.24) is 10.2 Å². The van der Waals surface area contributed by atoms with Crippen LogP contribution in [0.3, 0.4) is 0 Å². The largest absolute Gasteiger partial charge is 0.395 e. The second kappa shape index (κ2) is 5.63. The molecule has 0 saturated carbocycles. The molecule has 4 heteroatoms. The smallest absolute Gasteiger partial charge is 0.298 e. The number of hydrogen-bond acceptors (Lipinski definition) is 3. The van der Waals surface area contributed by atoms with Gasteiger partial charge in [-0.2, -0.15) is 0 Å². The summed E-state index contributed by atoms with van der Waals surface area (Å²) in [5.74, 6) is 1.73. The van der Waals surface area contributed by atoms with Crippen LogP contribution in [0.4, 0.5) is 0 Å². The summed E-state index contributed by atoms with van der Waals surface area (Å²) in [6.45, 7) is 1.88. The number of carbonyl (C=O) groups excluding carboxylic acids is 1. The Hall–Kier alpha value is -1.05. The molecule has 1 amide bonds. The Kier molecular flexibility index (Phi) is 4.44. The summed E-state index contributed by atoms with van der Waals surface area (Å²) in [5, 5.41) is 12.1. The first-order chi connectivity index (χ1) is 6.77. The molecule has 0 spiro atoms. The maximum atomic E-state index is 11.2. The fourth-order valence-corrected chi connectivity index (χ4v) is 1.67. The number of terminal acetylenes is 1. The zero-order valence-corrected chi connectivity index (χ0v) is 8.20. The zero-order valence-electron chi connectivity index (χ0n) is 8.20. The van der Waals surface area contributed by atoms with Gasteiger partial charge in [-0.3, -0.25) is 4.79 Å². The van der Waals surface area contributed by atoms with Crippen molar-refractivity contribution in [3.8, 4) is 12.3 Å². The predicted molar refractivity (Wildman–Crippen MR) is 53.5 cm³/mol. The highest BCUT2D eigenvalue weighted by molar-refractivity contribution is 5.92. The summed E-state index contributed by atoms with van der Waals surface area (Å²) >= 11 is 0. The van der Waals surface area contributed by atoms with Crippen molar-refractivity contribution < 1.29 is 9.90 Å². The molecule has 1 aliphatic heterocycles. The van der Waals surface area contributed by atoms with Gasteiger partial charge in [0.25, 0.3) is 5.91 Å². The van der Waals surface area contributed by atoms with Crippen LogP contribution in [0.1, 0.15) is 12.8 Å². The van der Waals surface area contributed by atoms with Crippen molar-refractivity contribution in [3.05, 3.63) is 0 Å². The molecule has 2 N–H and O–H groups in total. The Morgan fingerprint density at radius 2 is 2.50 bits per heavy atom. The van der Waals surface area contributed by atoms with Crippen molar-refractivity contribution in [2.45, 2.75) is 18.9 Å². The summed E-state index contributed by atoms with van der Waals surface area (Å²) in [7, 11) is 0. The molecule has 1 atom stereocenters. The van der Waals surface area contributed by atoms with Gasteiger partial charge in [-0.1, -0.05) is 0 Å². The fourth-order valence-electron chi connectivity index (χ4n) is 1.67. The SMILES string of the molecule is C#CC(=O)N(CCO)CC1CCCN1. The number of carbonyl (C=O) groups is 1. The van der Waals surface area contributed by atoms with Crippen LogP contribution in [0.2, 0.25) is 0 Å². The number of amides is 1. The molecule has 0 bridgehead atoms. The summed E-state index contributed by atoms with van der Waals surface area (Å²) in [6, 6.07) is 0.332. The summed E-state index contributed by atoms with van der Waals surface area (Å²) in [6.07, 6.45) is 7.24. The molecular formula is C10H16N2O2. The number of aliphatic hydroxyl groups is 1. The second-order valence-corrected chi connectivity index (χ2v) is 3.41. The van der Waals surface area contributed by atoms with Crippen molar-refractivity contribution in [2.75, 3.05) is 26.2 Å². The van der Waals surface area contributed by atoms with Gasteiger partial charge >= 0.3 is 0 Å². The van der Waals surface area contributed by atoms with Crippen molar-refractivity contribution in [1.29, 1.82) is 0 Å². The first kappa shape index (κ1) is 11.0. The molecule has 0 aromatic carbocycles. The van der Waals surface area contributed by atoms with Gasteiger partial charge in [0.2, 0.25) is 0 Å². The van der Waals surface area contributed by atoms with Gasteiger partial charge in [-0.15, -0.1) is 6.42 Å². The van der Waals surface area contributed by atoms with E-state index in [-0.39, 0.29) is 12.5 Å². The zero-order chi connectivity index (χ0) is 10.4. The molecule has 0 aliphatic carbocycles. The quantitative estimate of drug-likeness (QED) is 0.578. The molecule has 1 aliphatic rings. The van der Waals surface area contributed by atoms with Crippen molar-refractivity contribution in [3.63, 3.8) is 0 Å². The van der Waals surface area contributed by atoms with Gasteiger partial charge in [0, 0.05) is 19.1 Å². The van der Waals surface area contributed by atoms with Crippen LogP contribution in [0, 0.1) is 12.3 Å². The average molecular weight is 196 g/mol.